The van der Waals surface area contributed by atoms with Crippen LogP contribution >= 0.6 is 22.6 Å². The Bertz CT molecular complexity index is 415. The molecule has 0 heterocycles. The number of nitrogens with zero attached hydrogens (tertiary/aromatic N) is 2. The monoisotopic (exact) mass is 304 g/mol. The molecule has 0 atom stereocenters. The number of nitro groups is 1. The van der Waals surface area contributed by atoms with Crippen molar-refractivity contribution >= 4 is 40.0 Å². The molecule has 1 aromatic carbocycles. The van der Waals surface area contributed by atoms with Crippen LogP contribution in [0.25, 0.3) is 0 Å². The summed E-state index contributed by atoms with van der Waals surface area (Å²) in [6.07, 6.45) is 1.41. The van der Waals surface area contributed by atoms with Gasteiger partial charge in [0.2, 0.25) is 6.08 Å². The average Bonchev–Trinajstić information content (AvgIpc) is 2.10. The van der Waals surface area contributed by atoms with Gasteiger partial charge in [-0.25, -0.2) is 4.79 Å². The molecule has 0 N–H and O–H groups in total. The summed E-state index contributed by atoms with van der Waals surface area (Å²) in [6.45, 7) is 1.66. The zero-order chi connectivity index (χ0) is 10.7. The number of rotatable bonds is 2. The summed E-state index contributed by atoms with van der Waals surface area (Å²) in [5.41, 5.74) is 1.02. The molecule has 0 unspecified atom stereocenters. The molecule has 0 saturated heterocycles. The van der Waals surface area contributed by atoms with Gasteiger partial charge in [-0.1, -0.05) is 0 Å². The quantitative estimate of drug-likeness (QED) is 0.277. The Kier molecular flexibility index (Phi) is 3.32. The van der Waals surface area contributed by atoms with Crippen LogP contribution in [-0.2, 0) is 4.79 Å². The van der Waals surface area contributed by atoms with E-state index in [0.29, 0.717) is 14.8 Å². The van der Waals surface area contributed by atoms with E-state index in [0.717, 1.165) is 0 Å². The summed E-state index contributed by atoms with van der Waals surface area (Å²) in [5.74, 6) is 0. The highest BCUT2D eigenvalue weighted by Gasteiger charge is 2.12. The van der Waals surface area contributed by atoms with Crippen molar-refractivity contribution in [1.29, 1.82) is 0 Å². The number of hydrogen-bond donors (Lipinski definition) is 0. The standard InChI is InChI=1S/C8H5IN2O3/c1-5-2-6(11(13)14)3-7(9)8(5)10-4-12/h2-3H,1H3. The number of non-ortho nitro benzene ring substituents is 1. The number of isocyanates is 1. The lowest BCUT2D eigenvalue weighted by Crippen LogP contribution is -1.90. The molecule has 0 bridgehead atoms. The van der Waals surface area contributed by atoms with Crippen molar-refractivity contribution in [3.05, 3.63) is 31.4 Å². The van der Waals surface area contributed by atoms with Gasteiger partial charge in [-0.2, -0.15) is 4.99 Å². The van der Waals surface area contributed by atoms with E-state index in [9.17, 15) is 14.9 Å². The molecule has 0 fully saturated rings. The molecule has 6 heteroatoms. The Morgan fingerprint density at radius 1 is 1.57 bits per heavy atom. The minimum Gasteiger partial charge on any atom is -0.258 e. The number of nitro benzene ring substituents is 1. The number of hydrogen-bond acceptors (Lipinski definition) is 4. The van der Waals surface area contributed by atoms with Gasteiger partial charge in [-0.05, 0) is 35.1 Å². The highest BCUT2D eigenvalue weighted by atomic mass is 127. The normalized spacial score (nSPS) is 9.29. The fourth-order valence-electron chi connectivity index (χ4n) is 1.01. The molecule has 1 rings (SSSR count). The summed E-state index contributed by atoms with van der Waals surface area (Å²) >= 11 is 1.89. The summed E-state index contributed by atoms with van der Waals surface area (Å²) in [7, 11) is 0. The lowest BCUT2D eigenvalue weighted by molar-refractivity contribution is -0.385. The summed E-state index contributed by atoms with van der Waals surface area (Å²) in [5, 5.41) is 10.5. The van der Waals surface area contributed by atoms with E-state index >= 15 is 0 Å². The highest BCUT2D eigenvalue weighted by molar-refractivity contribution is 14.1. The van der Waals surface area contributed by atoms with Crippen LogP contribution in [0.3, 0.4) is 0 Å². The SMILES string of the molecule is Cc1cc([N+](=O)[O-])cc(I)c1N=C=O. The second-order valence-corrected chi connectivity index (χ2v) is 3.72. The second kappa shape index (κ2) is 4.30. The number of halogens is 1. The molecule has 0 aromatic heterocycles. The van der Waals surface area contributed by atoms with Crippen LogP contribution in [-0.4, -0.2) is 11.0 Å². The van der Waals surface area contributed by atoms with Crippen LogP contribution in [0.1, 0.15) is 5.56 Å². The van der Waals surface area contributed by atoms with Crippen LogP contribution < -0.4 is 0 Å². The van der Waals surface area contributed by atoms with Gasteiger partial charge in [0.1, 0.15) is 0 Å². The number of carbonyl (C=O) groups excluding carboxylic acids is 1. The Hall–Kier alpha value is -1.27. The molecular formula is C8H5IN2O3. The highest BCUT2D eigenvalue weighted by Crippen LogP contribution is 2.29. The molecule has 0 saturated carbocycles. The van der Waals surface area contributed by atoms with E-state index in [2.05, 4.69) is 4.99 Å². The topological polar surface area (TPSA) is 72.6 Å². The van der Waals surface area contributed by atoms with Crippen molar-refractivity contribution in [2.24, 2.45) is 4.99 Å². The Balaban J connectivity index is 3.39. The van der Waals surface area contributed by atoms with Gasteiger partial charge < -0.3 is 0 Å². The van der Waals surface area contributed by atoms with E-state index in [-0.39, 0.29) is 5.69 Å². The van der Waals surface area contributed by atoms with Crippen molar-refractivity contribution < 1.29 is 9.72 Å². The van der Waals surface area contributed by atoms with Crippen molar-refractivity contribution in [3.8, 4) is 0 Å². The van der Waals surface area contributed by atoms with E-state index in [1.165, 1.54) is 18.2 Å². The lowest BCUT2D eigenvalue weighted by Gasteiger charge is -2.00. The lowest BCUT2D eigenvalue weighted by atomic mass is 10.2. The van der Waals surface area contributed by atoms with Crippen LogP contribution in [0, 0.1) is 20.6 Å². The third-order valence-corrected chi connectivity index (χ3v) is 2.43. The first kappa shape index (κ1) is 10.8. The Morgan fingerprint density at radius 2 is 2.21 bits per heavy atom. The maximum absolute atomic E-state index is 10.5. The van der Waals surface area contributed by atoms with Crippen molar-refractivity contribution in [3.63, 3.8) is 0 Å². The van der Waals surface area contributed by atoms with E-state index in [1.807, 2.05) is 22.6 Å². The third-order valence-electron chi connectivity index (χ3n) is 1.61. The molecule has 14 heavy (non-hydrogen) atoms. The van der Waals surface area contributed by atoms with Gasteiger partial charge in [0.15, 0.2) is 0 Å². The van der Waals surface area contributed by atoms with Gasteiger partial charge in [-0.15, -0.1) is 0 Å². The maximum atomic E-state index is 10.5. The first-order valence-corrected chi connectivity index (χ1v) is 4.66. The van der Waals surface area contributed by atoms with Crippen LogP contribution in [0.5, 0.6) is 0 Å². The predicted molar refractivity (Wildman–Crippen MR) is 58.3 cm³/mol. The molecule has 0 amide bonds. The van der Waals surface area contributed by atoms with E-state index in [4.69, 9.17) is 0 Å². The van der Waals surface area contributed by atoms with Gasteiger partial charge in [0, 0.05) is 15.7 Å². The zero-order valence-corrected chi connectivity index (χ0v) is 9.31. The minimum absolute atomic E-state index is 0.00301. The maximum Gasteiger partial charge on any atom is 0.270 e. The van der Waals surface area contributed by atoms with Gasteiger partial charge in [0.25, 0.3) is 5.69 Å². The molecule has 0 spiro atoms. The summed E-state index contributed by atoms with van der Waals surface area (Å²) in [6, 6.07) is 2.74. The molecular weight excluding hydrogens is 299 g/mol. The van der Waals surface area contributed by atoms with Crippen molar-refractivity contribution in [2.45, 2.75) is 6.92 Å². The van der Waals surface area contributed by atoms with E-state index < -0.39 is 4.92 Å². The fourth-order valence-corrected chi connectivity index (χ4v) is 1.88. The molecule has 0 aliphatic rings. The predicted octanol–water partition coefficient (Wildman–Crippen LogP) is 2.48. The van der Waals surface area contributed by atoms with Gasteiger partial charge in [0.05, 0.1) is 10.6 Å². The summed E-state index contributed by atoms with van der Waals surface area (Å²) < 4.78 is 0.567. The number of benzene rings is 1. The smallest absolute Gasteiger partial charge is 0.258 e. The summed E-state index contributed by atoms with van der Waals surface area (Å²) in [4.78, 5) is 23.5. The molecule has 72 valence electrons. The second-order valence-electron chi connectivity index (χ2n) is 2.55. The van der Waals surface area contributed by atoms with E-state index in [1.54, 1.807) is 6.92 Å². The average molecular weight is 304 g/mol. The molecule has 0 aliphatic carbocycles. The molecule has 1 aromatic rings. The Morgan fingerprint density at radius 3 is 2.64 bits per heavy atom. The zero-order valence-electron chi connectivity index (χ0n) is 7.15. The Labute approximate surface area is 93.1 Å². The van der Waals surface area contributed by atoms with Crippen LogP contribution in [0.15, 0.2) is 17.1 Å². The largest absolute Gasteiger partial charge is 0.270 e. The van der Waals surface area contributed by atoms with Crippen molar-refractivity contribution in [2.75, 3.05) is 0 Å². The molecule has 5 nitrogen and oxygen atoms in total. The molecule has 0 aliphatic heterocycles. The first-order valence-electron chi connectivity index (χ1n) is 3.58. The first-order chi connectivity index (χ1) is 6.56. The van der Waals surface area contributed by atoms with Gasteiger partial charge in [-0.3, -0.25) is 10.1 Å². The van der Waals surface area contributed by atoms with Crippen LogP contribution in [0.2, 0.25) is 0 Å². The van der Waals surface area contributed by atoms with Crippen LogP contribution in [0.4, 0.5) is 11.4 Å². The number of aliphatic imine (C=N–C) groups is 1. The number of aryl methyl sites for hydroxylation is 1. The van der Waals surface area contributed by atoms with Gasteiger partial charge >= 0.3 is 0 Å². The minimum atomic E-state index is -0.483. The fraction of sp³-hybridized carbons (Fsp3) is 0.125. The van der Waals surface area contributed by atoms with Crippen molar-refractivity contribution in [1.82, 2.24) is 0 Å². The molecule has 0 radical (unpaired) electrons. The third kappa shape index (κ3) is 2.15.